The van der Waals surface area contributed by atoms with Crippen LogP contribution in [0.5, 0.6) is 5.75 Å². The number of halogens is 1. The van der Waals surface area contributed by atoms with Crippen LogP contribution in [0.2, 0.25) is 0 Å². The summed E-state index contributed by atoms with van der Waals surface area (Å²) in [6, 6.07) is 4.86. The summed E-state index contributed by atoms with van der Waals surface area (Å²) in [6.45, 7) is 1.44. The van der Waals surface area contributed by atoms with Crippen molar-refractivity contribution >= 4 is 0 Å². The lowest BCUT2D eigenvalue weighted by molar-refractivity contribution is 0.207. The summed E-state index contributed by atoms with van der Waals surface area (Å²) >= 11 is 0. The summed E-state index contributed by atoms with van der Waals surface area (Å²) < 4.78 is 18.5. The molecule has 0 unspecified atom stereocenters. The van der Waals surface area contributed by atoms with E-state index < -0.39 is 0 Å². The van der Waals surface area contributed by atoms with Gasteiger partial charge in [0.1, 0.15) is 11.6 Å². The van der Waals surface area contributed by atoms with E-state index >= 15 is 0 Å². The van der Waals surface area contributed by atoms with Crippen molar-refractivity contribution in [1.82, 2.24) is 5.32 Å². The molecule has 1 aliphatic rings. The van der Waals surface area contributed by atoms with Crippen molar-refractivity contribution in [3.05, 3.63) is 29.6 Å². The lowest BCUT2D eigenvalue weighted by atomic mass is 10.1. The maximum absolute atomic E-state index is 13.6. The molecule has 3 nitrogen and oxygen atoms in total. The molecule has 0 aromatic heterocycles. The van der Waals surface area contributed by atoms with E-state index in [1.165, 1.54) is 13.2 Å². The highest BCUT2D eigenvalue weighted by Gasteiger charge is 2.41. The lowest BCUT2D eigenvalue weighted by Crippen LogP contribution is -2.26. The predicted molar refractivity (Wildman–Crippen MR) is 63.4 cm³/mol. The summed E-state index contributed by atoms with van der Waals surface area (Å²) in [4.78, 5) is 0. The zero-order valence-electron chi connectivity index (χ0n) is 10.0. The standard InChI is InChI=1S/C13H18FNO2/c1-17-11-3-2-10(12(14)6-11)7-15-8-13(9-16)4-5-13/h2-3,6,15-16H,4-5,7-9H2,1H3. The first kappa shape index (κ1) is 12.3. The third-order valence-corrected chi connectivity index (χ3v) is 3.37. The van der Waals surface area contributed by atoms with Crippen molar-refractivity contribution in [3.63, 3.8) is 0 Å². The molecule has 0 amide bonds. The summed E-state index contributed by atoms with van der Waals surface area (Å²) in [5, 5.41) is 12.3. The molecule has 1 aliphatic carbocycles. The number of aliphatic hydroxyl groups excluding tert-OH is 1. The van der Waals surface area contributed by atoms with Gasteiger partial charge in [-0.05, 0) is 18.9 Å². The van der Waals surface area contributed by atoms with Gasteiger partial charge in [0.05, 0.1) is 7.11 Å². The fraction of sp³-hybridized carbons (Fsp3) is 0.538. The molecule has 0 atom stereocenters. The molecule has 94 valence electrons. The molecular weight excluding hydrogens is 221 g/mol. The van der Waals surface area contributed by atoms with Crippen LogP contribution in [0.3, 0.4) is 0 Å². The van der Waals surface area contributed by atoms with Gasteiger partial charge in [0.2, 0.25) is 0 Å². The van der Waals surface area contributed by atoms with Gasteiger partial charge in [-0.15, -0.1) is 0 Å². The molecule has 4 heteroatoms. The number of rotatable bonds is 6. The van der Waals surface area contributed by atoms with Crippen LogP contribution in [0.4, 0.5) is 4.39 Å². The molecule has 1 fully saturated rings. The van der Waals surface area contributed by atoms with Gasteiger partial charge in [0.25, 0.3) is 0 Å². The maximum Gasteiger partial charge on any atom is 0.131 e. The van der Waals surface area contributed by atoms with Crippen LogP contribution in [0.15, 0.2) is 18.2 Å². The van der Waals surface area contributed by atoms with E-state index in [9.17, 15) is 4.39 Å². The molecule has 1 aromatic carbocycles. The third-order valence-electron chi connectivity index (χ3n) is 3.37. The Morgan fingerprint density at radius 2 is 2.24 bits per heavy atom. The van der Waals surface area contributed by atoms with Crippen LogP contribution < -0.4 is 10.1 Å². The average molecular weight is 239 g/mol. The van der Waals surface area contributed by atoms with Gasteiger partial charge in [-0.2, -0.15) is 0 Å². The van der Waals surface area contributed by atoms with Gasteiger partial charge in [0, 0.05) is 36.7 Å². The highest BCUT2D eigenvalue weighted by atomic mass is 19.1. The van der Waals surface area contributed by atoms with Crippen LogP contribution in [0, 0.1) is 11.2 Å². The quantitative estimate of drug-likeness (QED) is 0.794. The minimum atomic E-state index is -0.259. The molecule has 0 spiro atoms. The zero-order valence-corrected chi connectivity index (χ0v) is 10.0. The summed E-state index contributed by atoms with van der Waals surface area (Å²) in [5.74, 6) is 0.269. The van der Waals surface area contributed by atoms with Gasteiger partial charge in [-0.1, -0.05) is 6.07 Å². The van der Waals surface area contributed by atoms with Gasteiger partial charge < -0.3 is 15.2 Å². The number of methoxy groups -OCH3 is 1. The first-order valence-electron chi connectivity index (χ1n) is 5.83. The largest absolute Gasteiger partial charge is 0.497 e. The van der Waals surface area contributed by atoms with E-state index in [2.05, 4.69) is 5.32 Å². The van der Waals surface area contributed by atoms with Crippen molar-refractivity contribution < 1.29 is 14.2 Å². The second-order valence-electron chi connectivity index (χ2n) is 4.72. The van der Waals surface area contributed by atoms with Crippen LogP contribution in [0.1, 0.15) is 18.4 Å². The van der Waals surface area contributed by atoms with E-state index in [1.54, 1.807) is 12.1 Å². The average Bonchev–Trinajstić information content (AvgIpc) is 3.12. The first-order valence-corrected chi connectivity index (χ1v) is 5.83. The Morgan fingerprint density at radius 3 is 2.76 bits per heavy atom. The SMILES string of the molecule is COc1ccc(CNCC2(CO)CC2)c(F)c1. The fourth-order valence-corrected chi connectivity index (χ4v) is 1.83. The fourth-order valence-electron chi connectivity index (χ4n) is 1.83. The third kappa shape index (κ3) is 2.96. The molecular formula is C13H18FNO2. The minimum absolute atomic E-state index is 0.0585. The molecule has 0 radical (unpaired) electrons. The number of nitrogens with one attached hydrogen (secondary N) is 1. The molecule has 2 N–H and O–H groups in total. The molecule has 1 saturated carbocycles. The van der Waals surface area contributed by atoms with Crippen molar-refractivity contribution in [2.75, 3.05) is 20.3 Å². The molecule has 0 heterocycles. The second kappa shape index (κ2) is 5.02. The monoisotopic (exact) mass is 239 g/mol. The lowest BCUT2D eigenvalue weighted by Gasteiger charge is -2.13. The van der Waals surface area contributed by atoms with E-state index in [0.29, 0.717) is 17.9 Å². The Kier molecular flexibility index (Phi) is 3.64. The Labute approximate surface area is 101 Å². The van der Waals surface area contributed by atoms with E-state index in [4.69, 9.17) is 9.84 Å². The molecule has 17 heavy (non-hydrogen) atoms. The second-order valence-corrected chi connectivity index (χ2v) is 4.72. The molecule has 2 rings (SSSR count). The topological polar surface area (TPSA) is 41.5 Å². The van der Waals surface area contributed by atoms with Crippen molar-refractivity contribution in [1.29, 1.82) is 0 Å². The normalized spacial score (nSPS) is 16.9. The first-order chi connectivity index (χ1) is 8.19. The van der Waals surface area contributed by atoms with Gasteiger partial charge in [-0.25, -0.2) is 4.39 Å². The van der Waals surface area contributed by atoms with Crippen LogP contribution in [-0.2, 0) is 6.54 Å². The number of ether oxygens (including phenoxy) is 1. The molecule has 1 aromatic rings. The van der Waals surface area contributed by atoms with E-state index in [0.717, 1.165) is 19.4 Å². The van der Waals surface area contributed by atoms with Crippen LogP contribution in [-0.4, -0.2) is 25.4 Å². The van der Waals surface area contributed by atoms with Crippen molar-refractivity contribution in [3.8, 4) is 5.75 Å². The summed E-state index contributed by atoms with van der Waals surface area (Å²) in [6.07, 6.45) is 2.11. The Morgan fingerprint density at radius 1 is 1.47 bits per heavy atom. The number of hydrogen-bond acceptors (Lipinski definition) is 3. The summed E-state index contributed by atoms with van der Waals surface area (Å²) in [7, 11) is 1.52. The minimum Gasteiger partial charge on any atom is -0.497 e. The van der Waals surface area contributed by atoms with E-state index in [-0.39, 0.29) is 17.8 Å². The molecule has 0 aliphatic heterocycles. The number of hydrogen-bond donors (Lipinski definition) is 2. The number of aliphatic hydroxyl groups is 1. The highest BCUT2D eigenvalue weighted by Crippen LogP contribution is 2.44. The molecule has 0 saturated heterocycles. The smallest absolute Gasteiger partial charge is 0.131 e. The Hall–Kier alpha value is -1.13. The predicted octanol–water partition coefficient (Wildman–Crippen LogP) is 1.70. The highest BCUT2D eigenvalue weighted by molar-refractivity contribution is 5.28. The van der Waals surface area contributed by atoms with Crippen LogP contribution in [0.25, 0.3) is 0 Å². The van der Waals surface area contributed by atoms with Gasteiger partial charge >= 0.3 is 0 Å². The van der Waals surface area contributed by atoms with Crippen molar-refractivity contribution in [2.24, 2.45) is 5.41 Å². The molecule has 0 bridgehead atoms. The van der Waals surface area contributed by atoms with Crippen molar-refractivity contribution in [2.45, 2.75) is 19.4 Å². The Bertz CT molecular complexity index is 391. The Balaban J connectivity index is 1.86. The summed E-state index contributed by atoms with van der Waals surface area (Å²) in [5.41, 5.74) is 0.683. The zero-order chi connectivity index (χ0) is 12.3. The van der Waals surface area contributed by atoms with Gasteiger partial charge in [-0.3, -0.25) is 0 Å². The van der Waals surface area contributed by atoms with Gasteiger partial charge in [0.15, 0.2) is 0 Å². The number of benzene rings is 1. The van der Waals surface area contributed by atoms with E-state index in [1.807, 2.05) is 0 Å². The van der Waals surface area contributed by atoms with Crippen LogP contribution >= 0.6 is 0 Å². The maximum atomic E-state index is 13.6.